The first-order valence-corrected chi connectivity index (χ1v) is 6.78. The normalized spacial score (nSPS) is 12.2. The Morgan fingerprint density at radius 3 is 2.47 bits per heavy atom. The monoisotopic (exact) mass is 323 g/mol. The van der Waals surface area contributed by atoms with Gasteiger partial charge in [0.2, 0.25) is 0 Å². The Morgan fingerprint density at radius 2 is 1.89 bits per heavy atom. The van der Waals surface area contributed by atoms with E-state index in [9.17, 15) is 9.50 Å². The van der Waals surface area contributed by atoms with E-state index in [0.29, 0.717) is 5.69 Å². The zero-order chi connectivity index (χ0) is 13.8. The second-order valence-electron chi connectivity index (χ2n) is 4.45. The summed E-state index contributed by atoms with van der Waals surface area (Å²) < 4.78 is 14.3. The smallest absolute Gasteiger partial charge is 0.125 e. The minimum Gasteiger partial charge on any atom is -0.394 e. The van der Waals surface area contributed by atoms with E-state index in [1.807, 2.05) is 37.3 Å². The number of halogens is 2. The summed E-state index contributed by atoms with van der Waals surface area (Å²) in [6.45, 7) is 1.78. The SMILES string of the molecule is Cc1cc(F)cc(NC(CO)c2ccc(Br)cc2)c1. The van der Waals surface area contributed by atoms with E-state index in [1.54, 1.807) is 0 Å². The summed E-state index contributed by atoms with van der Waals surface area (Å²) in [5, 5.41) is 12.6. The minimum absolute atomic E-state index is 0.0583. The van der Waals surface area contributed by atoms with E-state index in [2.05, 4.69) is 21.2 Å². The number of hydrogen-bond acceptors (Lipinski definition) is 2. The summed E-state index contributed by atoms with van der Waals surface area (Å²) in [5.74, 6) is -0.282. The third-order valence-corrected chi connectivity index (χ3v) is 3.37. The number of anilines is 1. The molecule has 1 unspecified atom stereocenters. The highest BCUT2D eigenvalue weighted by molar-refractivity contribution is 9.10. The molecule has 1 atom stereocenters. The summed E-state index contributed by atoms with van der Waals surface area (Å²) in [4.78, 5) is 0. The molecule has 4 heteroatoms. The van der Waals surface area contributed by atoms with Crippen molar-refractivity contribution in [3.63, 3.8) is 0 Å². The summed E-state index contributed by atoms with van der Waals surface area (Å²) in [5.41, 5.74) is 2.46. The van der Waals surface area contributed by atoms with E-state index < -0.39 is 0 Å². The van der Waals surface area contributed by atoms with Gasteiger partial charge in [-0.3, -0.25) is 0 Å². The first-order valence-electron chi connectivity index (χ1n) is 5.98. The van der Waals surface area contributed by atoms with Crippen molar-refractivity contribution in [1.29, 1.82) is 0 Å². The molecule has 0 saturated heterocycles. The lowest BCUT2D eigenvalue weighted by atomic mass is 10.1. The zero-order valence-corrected chi connectivity index (χ0v) is 12.1. The quantitative estimate of drug-likeness (QED) is 0.889. The highest BCUT2D eigenvalue weighted by atomic mass is 79.9. The third kappa shape index (κ3) is 3.78. The van der Waals surface area contributed by atoms with Gasteiger partial charge in [-0.15, -0.1) is 0 Å². The molecule has 0 spiro atoms. The van der Waals surface area contributed by atoms with Crippen LogP contribution in [0.1, 0.15) is 17.2 Å². The number of aliphatic hydroxyl groups is 1. The molecule has 19 heavy (non-hydrogen) atoms. The molecule has 2 aromatic carbocycles. The molecule has 0 fully saturated rings. The number of nitrogens with one attached hydrogen (secondary N) is 1. The number of aliphatic hydroxyl groups excluding tert-OH is 1. The zero-order valence-electron chi connectivity index (χ0n) is 10.5. The Kier molecular flexibility index (Phi) is 4.56. The van der Waals surface area contributed by atoms with Gasteiger partial charge in [0, 0.05) is 10.2 Å². The topological polar surface area (TPSA) is 32.3 Å². The summed E-state index contributed by atoms with van der Waals surface area (Å²) >= 11 is 3.37. The molecular weight excluding hydrogens is 309 g/mol. The minimum atomic E-state index is -0.282. The lowest BCUT2D eigenvalue weighted by molar-refractivity contribution is 0.276. The Bertz CT molecular complexity index is 536. The molecule has 0 radical (unpaired) electrons. The van der Waals surface area contributed by atoms with Gasteiger partial charge in [0.15, 0.2) is 0 Å². The van der Waals surface area contributed by atoms with Gasteiger partial charge < -0.3 is 10.4 Å². The highest BCUT2D eigenvalue weighted by Crippen LogP contribution is 2.22. The van der Waals surface area contributed by atoms with Crippen LogP contribution < -0.4 is 5.32 Å². The van der Waals surface area contributed by atoms with Gasteiger partial charge in [-0.25, -0.2) is 4.39 Å². The Labute approximate surface area is 120 Å². The fourth-order valence-electron chi connectivity index (χ4n) is 1.95. The van der Waals surface area contributed by atoms with Crippen molar-refractivity contribution >= 4 is 21.6 Å². The molecular formula is C15H15BrFNO. The molecule has 0 heterocycles. The predicted molar refractivity (Wildman–Crippen MR) is 78.7 cm³/mol. The van der Waals surface area contributed by atoms with Crippen LogP contribution in [0.15, 0.2) is 46.9 Å². The largest absolute Gasteiger partial charge is 0.394 e. The van der Waals surface area contributed by atoms with Crippen LogP contribution in [-0.4, -0.2) is 11.7 Å². The second-order valence-corrected chi connectivity index (χ2v) is 5.36. The van der Waals surface area contributed by atoms with E-state index in [1.165, 1.54) is 12.1 Å². The third-order valence-electron chi connectivity index (χ3n) is 2.84. The lowest BCUT2D eigenvalue weighted by Gasteiger charge is -2.18. The summed E-state index contributed by atoms with van der Waals surface area (Å²) in [6.07, 6.45) is 0. The summed E-state index contributed by atoms with van der Waals surface area (Å²) in [6, 6.07) is 12.2. The van der Waals surface area contributed by atoms with Gasteiger partial charge in [-0.05, 0) is 48.4 Å². The van der Waals surface area contributed by atoms with Crippen LogP contribution in [-0.2, 0) is 0 Å². The van der Waals surface area contributed by atoms with E-state index >= 15 is 0 Å². The van der Waals surface area contributed by atoms with Crippen molar-refractivity contribution in [2.75, 3.05) is 11.9 Å². The lowest BCUT2D eigenvalue weighted by Crippen LogP contribution is -2.15. The van der Waals surface area contributed by atoms with Crippen molar-refractivity contribution in [2.45, 2.75) is 13.0 Å². The average Bonchev–Trinajstić information content (AvgIpc) is 2.36. The number of benzene rings is 2. The molecule has 0 aliphatic carbocycles. The van der Waals surface area contributed by atoms with Gasteiger partial charge in [0.25, 0.3) is 0 Å². The molecule has 0 aliphatic heterocycles. The van der Waals surface area contributed by atoms with E-state index in [4.69, 9.17) is 0 Å². The van der Waals surface area contributed by atoms with Crippen LogP contribution in [0.2, 0.25) is 0 Å². The predicted octanol–water partition coefficient (Wildman–Crippen LogP) is 4.04. The van der Waals surface area contributed by atoms with Crippen LogP contribution in [0, 0.1) is 12.7 Å². The maximum Gasteiger partial charge on any atom is 0.125 e. The first kappa shape index (κ1) is 14.0. The molecule has 2 N–H and O–H groups in total. The summed E-state index contributed by atoms with van der Waals surface area (Å²) in [7, 11) is 0. The molecule has 0 aliphatic rings. The van der Waals surface area contributed by atoms with Crippen LogP contribution in [0.25, 0.3) is 0 Å². The number of aryl methyl sites for hydroxylation is 1. The maximum atomic E-state index is 13.3. The molecule has 0 saturated carbocycles. The van der Waals surface area contributed by atoms with Crippen molar-refractivity contribution in [2.24, 2.45) is 0 Å². The molecule has 0 aromatic heterocycles. The molecule has 0 amide bonds. The van der Waals surface area contributed by atoms with Gasteiger partial charge in [0.05, 0.1) is 12.6 Å². The fraction of sp³-hybridized carbons (Fsp3) is 0.200. The van der Waals surface area contributed by atoms with E-state index in [-0.39, 0.29) is 18.5 Å². The number of hydrogen-bond donors (Lipinski definition) is 2. The van der Waals surface area contributed by atoms with Gasteiger partial charge in [-0.1, -0.05) is 28.1 Å². The Morgan fingerprint density at radius 1 is 1.21 bits per heavy atom. The molecule has 0 bridgehead atoms. The van der Waals surface area contributed by atoms with Crippen LogP contribution in [0.5, 0.6) is 0 Å². The van der Waals surface area contributed by atoms with Gasteiger partial charge in [-0.2, -0.15) is 0 Å². The average molecular weight is 324 g/mol. The second kappa shape index (κ2) is 6.17. The van der Waals surface area contributed by atoms with Gasteiger partial charge >= 0.3 is 0 Å². The molecule has 100 valence electrons. The van der Waals surface area contributed by atoms with Gasteiger partial charge in [0.1, 0.15) is 5.82 Å². The molecule has 2 aromatic rings. The Hall–Kier alpha value is -1.39. The highest BCUT2D eigenvalue weighted by Gasteiger charge is 2.10. The van der Waals surface area contributed by atoms with Crippen LogP contribution in [0.4, 0.5) is 10.1 Å². The molecule has 2 rings (SSSR count). The number of rotatable bonds is 4. The maximum absolute atomic E-state index is 13.3. The van der Waals surface area contributed by atoms with Crippen molar-refractivity contribution in [1.82, 2.24) is 0 Å². The first-order chi connectivity index (χ1) is 9.08. The van der Waals surface area contributed by atoms with Crippen LogP contribution in [0.3, 0.4) is 0 Å². The van der Waals surface area contributed by atoms with E-state index in [0.717, 1.165) is 15.6 Å². The van der Waals surface area contributed by atoms with Crippen molar-refractivity contribution in [3.8, 4) is 0 Å². The van der Waals surface area contributed by atoms with Crippen molar-refractivity contribution in [3.05, 3.63) is 63.9 Å². The fourth-order valence-corrected chi connectivity index (χ4v) is 2.21. The Balaban J connectivity index is 2.21. The molecule has 2 nitrogen and oxygen atoms in total. The van der Waals surface area contributed by atoms with Crippen LogP contribution >= 0.6 is 15.9 Å². The van der Waals surface area contributed by atoms with Crippen molar-refractivity contribution < 1.29 is 9.50 Å². The standard InChI is InChI=1S/C15H15BrFNO/c1-10-6-13(17)8-14(7-10)18-15(9-19)11-2-4-12(16)5-3-11/h2-8,15,18-19H,9H2,1H3.